The van der Waals surface area contributed by atoms with Crippen LogP contribution >= 0.6 is 0 Å². The average Bonchev–Trinajstić information content (AvgIpc) is 3.52. The highest BCUT2D eigenvalue weighted by Gasteiger charge is 2.42. The van der Waals surface area contributed by atoms with Gasteiger partial charge in [-0.2, -0.15) is 0 Å². The summed E-state index contributed by atoms with van der Waals surface area (Å²) < 4.78 is 32.2. The summed E-state index contributed by atoms with van der Waals surface area (Å²) in [6.45, 7) is 3.80. The zero-order chi connectivity index (χ0) is 42.2. The Hall–Kier alpha value is -6.00. The first kappa shape index (κ1) is 42.1. The number of nitrogens with one attached hydrogen (secondary N) is 3. The summed E-state index contributed by atoms with van der Waals surface area (Å²) in [5.74, 6) is 6.82. The molecule has 13 heteroatoms. The van der Waals surface area contributed by atoms with Crippen molar-refractivity contribution < 1.29 is 37.8 Å². The van der Waals surface area contributed by atoms with Crippen molar-refractivity contribution in [3.05, 3.63) is 88.6 Å². The Balaban J connectivity index is 0.876. The summed E-state index contributed by atoms with van der Waals surface area (Å²) >= 11 is 0. The molecule has 1 saturated carbocycles. The molecule has 3 aromatic carbocycles. The lowest BCUT2D eigenvalue weighted by molar-refractivity contribution is -0.124. The smallest absolute Gasteiger partial charge is 0.261 e. The number of carbonyl (C=O) groups is 4. The van der Waals surface area contributed by atoms with Gasteiger partial charge in [-0.05, 0) is 106 Å². The Bertz CT molecular complexity index is 2310. The van der Waals surface area contributed by atoms with Crippen molar-refractivity contribution in [1.82, 2.24) is 20.9 Å². The number of halogens is 1. The Labute approximate surface area is 349 Å². The van der Waals surface area contributed by atoms with Crippen molar-refractivity contribution in [2.24, 2.45) is 23.5 Å². The minimum atomic E-state index is -1.58. The molecule has 0 spiro atoms. The van der Waals surface area contributed by atoms with Gasteiger partial charge in [0.25, 0.3) is 17.7 Å². The van der Waals surface area contributed by atoms with Crippen LogP contribution in [0.1, 0.15) is 95.7 Å². The molecule has 314 valence electrons. The Kier molecular flexibility index (Phi) is 13.6. The molecule has 1 aliphatic carbocycles. The van der Waals surface area contributed by atoms with Gasteiger partial charge in [0.1, 0.15) is 23.9 Å². The topological polar surface area (TPSA) is 171 Å². The fraction of sp³-hybridized carbons (Fsp3) is 0.426. The van der Waals surface area contributed by atoms with Crippen LogP contribution in [0.4, 0.5) is 4.39 Å². The summed E-state index contributed by atoms with van der Waals surface area (Å²) in [5.41, 5.74) is 8.72. The maximum absolute atomic E-state index is 14.4. The molecule has 0 bridgehead atoms. The van der Waals surface area contributed by atoms with Gasteiger partial charge in [0.15, 0.2) is 6.17 Å². The minimum Gasteiger partial charge on any atom is -0.496 e. The Morgan fingerprint density at radius 1 is 0.983 bits per heavy atom. The number of pyridine rings is 1. The first-order chi connectivity index (χ1) is 29.1. The van der Waals surface area contributed by atoms with Crippen LogP contribution in [0.5, 0.6) is 23.1 Å². The van der Waals surface area contributed by atoms with Gasteiger partial charge in [-0.15, -0.1) is 0 Å². The maximum atomic E-state index is 14.4. The Morgan fingerprint density at radius 3 is 2.57 bits per heavy atom. The van der Waals surface area contributed by atoms with Crippen LogP contribution in [0.15, 0.2) is 60.8 Å². The van der Waals surface area contributed by atoms with E-state index >= 15 is 0 Å². The van der Waals surface area contributed by atoms with Gasteiger partial charge in [-0.1, -0.05) is 55.5 Å². The number of alkyl halides is 1. The number of carbonyl (C=O) groups excluding carboxylic acids is 4. The lowest BCUT2D eigenvalue weighted by atomic mass is 9.82. The van der Waals surface area contributed by atoms with Gasteiger partial charge < -0.3 is 30.6 Å². The number of ether oxygens (including phenoxy) is 3. The van der Waals surface area contributed by atoms with Gasteiger partial charge in [0, 0.05) is 28.8 Å². The number of primary amides is 1. The number of amides is 4. The van der Waals surface area contributed by atoms with E-state index in [0.717, 1.165) is 75.8 Å². The summed E-state index contributed by atoms with van der Waals surface area (Å²) in [5, 5.41) is 9.96. The van der Waals surface area contributed by atoms with Crippen LogP contribution in [0.25, 0.3) is 10.8 Å². The van der Waals surface area contributed by atoms with E-state index in [9.17, 15) is 23.6 Å². The van der Waals surface area contributed by atoms with Crippen molar-refractivity contribution in [3.8, 4) is 35.0 Å². The monoisotopic (exact) mass is 817 g/mol. The van der Waals surface area contributed by atoms with Crippen LogP contribution in [0, 0.1) is 29.6 Å². The van der Waals surface area contributed by atoms with Crippen LogP contribution < -0.4 is 35.9 Å². The summed E-state index contributed by atoms with van der Waals surface area (Å²) in [4.78, 5) is 53.3. The normalized spacial score (nSPS) is 21.1. The number of hydrogen-bond donors (Lipinski definition) is 4. The SMILES string of the molecule is CC[C@@H]1[C@H](F)C(=O)N[C@@H]1COc1ncc(C#CC2CCC(CNCCCCCc3ccccc3Oc3cccc4c3C(=O)NC(=O)C4)CC2)c2cc(C(N)=O)c(OC)cc12. The number of unbranched alkanes of at least 4 members (excludes halogenated alkanes) is 2. The number of benzene rings is 3. The number of methoxy groups -OCH3 is 1. The molecule has 4 amide bonds. The molecule has 3 atom stereocenters. The van der Waals surface area contributed by atoms with Crippen LogP contribution in [-0.2, 0) is 22.4 Å². The zero-order valence-corrected chi connectivity index (χ0v) is 34.1. The third-order valence-electron chi connectivity index (χ3n) is 11.9. The summed E-state index contributed by atoms with van der Waals surface area (Å²) in [6, 6.07) is 16.1. The molecule has 3 aliphatic rings. The third-order valence-corrected chi connectivity index (χ3v) is 11.9. The van der Waals surface area contributed by atoms with E-state index in [-0.39, 0.29) is 42.0 Å². The standard InChI is InChI=1S/C47H52FN5O7/c1-3-33-37(52-46(57)43(33)48)27-59-47-35-24-40(58-2)36(44(49)55)23-34(35)32(26-51-47)20-19-28-15-17-29(18-16-28)25-50-21-8-4-5-10-30-11-6-7-13-38(30)60-39-14-9-12-31-22-41(54)53-45(56)42(31)39/h6-7,9,11-14,23-24,26,28-29,33,37,43,50H,3-5,8,10,15-18,21-22,25,27H2,1-2H3,(H2,49,55)(H,52,57)(H,53,54,56)/t28?,29?,33-,37+,43-/m0/s1. The van der Waals surface area contributed by atoms with Gasteiger partial charge in [0.2, 0.25) is 11.8 Å². The van der Waals surface area contributed by atoms with E-state index in [4.69, 9.17) is 19.9 Å². The summed E-state index contributed by atoms with van der Waals surface area (Å²) in [6.07, 6.45) is 8.81. The molecule has 5 N–H and O–H groups in total. The molecular formula is C47H52FN5O7. The van der Waals surface area contributed by atoms with Crippen molar-refractivity contribution in [2.45, 2.75) is 83.3 Å². The highest BCUT2D eigenvalue weighted by molar-refractivity contribution is 6.11. The molecule has 1 saturated heterocycles. The molecule has 0 unspecified atom stereocenters. The highest BCUT2D eigenvalue weighted by Crippen LogP contribution is 2.35. The van der Waals surface area contributed by atoms with Crippen molar-refractivity contribution in [2.75, 3.05) is 26.8 Å². The van der Waals surface area contributed by atoms with Crippen LogP contribution in [0.2, 0.25) is 0 Å². The first-order valence-corrected chi connectivity index (χ1v) is 20.9. The van der Waals surface area contributed by atoms with E-state index in [0.29, 0.717) is 45.6 Å². The van der Waals surface area contributed by atoms with Gasteiger partial charge in [-0.25, -0.2) is 9.37 Å². The second-order valence-corrected chi connectivity index (χ2v) is 15.9. The minimum absolute atomic E-state index is 0.0358. The molecule has 7 rings (SSSR count). The maximum Gasteiger partial charge on any atom is 0.261 e. The van der Waals surface area contributed by atoms with Crippen LogP contribution in [0.3, 0.4) is 0 Å². The van der Waals surface area contributed by atoms with E-state index in [1.165, 1.54) is 7.11 Å². The van der Waals surface area contributed by atoms with Crippen molar-refractivity contribution >= 4 is 34.4 Å². The number of rotatable bonds is 16. The number of nitrogens with two attached hydrogens (primary N) is 1. The third kappa shape index (κ3) is 9.71. The molecular weight excluding hydrogens is 766 g/mol. The van der Waals surface area contributed by atoms with E-state index < -0.39 is 35.9 Å². The number of fused-ring (bicyclic) bond motifs is 2. The number of imide groups is 1. The van der Waals surface area contributed by atoms with Gasteiger partial charge in [-0.3, -0.25) is 24.5 Å². The van der Waals surface area contributed by atoms with E-state index in [1.807, 2.05) is 31.2 Å². The van der Waals surface area contributed by atoms with Crippen molar-refractivity contribution in [3.63, 3.8) is 0 Å². The quantitative estimate of drug-likeness (QED) is 0.0572. The van der Waals surface area contributed by atoms with Gasteiger partial charge >= 0.3 is 0 Å². The molecule has 12 nitrogen and oxygen atoms in total. The second kappa shape index (κ2) is 19.4. The van der Waals surface area contributed by atoms with Gasteiger partial charge in [0.05, 0.1) is 36.3 Å². The predicted octanol–water partition coefficient (Wildman–Crippen LogP) is 6.35. The van der Waals surface area contributed by atoms with E-state index in [2.05, 4.69) is 38.8 Å². The average molecular weight is 818 g/mol. The van der Waals surface area contributed by atoms with Crippen molar-refractivity contribution in [1.29, 1.82) is 0 Å². The molecule has 60 heavy (non-hydrogen) atoms. The van der Waals surface area contributed by atoms with Crippen LogP contribution in [-0.4, -0.2) is 67.6 Å². The molecule has 2 fully saturated rings. The lowest BCUT2D eigenvalue weighted by Gasteiger charge is -2.26. The molecule has 0 radical (unpaired) electrons. The number of aryl methyl sites for hydroxylation is 1. The number of aromatic nitrogens is 1. The summed E-state index contributed by atoms with van der Waals surface area (Å²) in [7, 11) is 1.45. The highest BCUT2D eigenvalue weighted by atomic mass is 19.1. The molecule has 2 aliphatic heterocycles. The predicted molar refractivity (Wildman–Crippen MR) is 225 cm³/mol. The lowest BCUT2D eigenvalue weighted by Crippen LogP contribution is -2.37. The number of para-hydroxylation sites is 1. The zero-order valence-electron chi connectivity index (χ0n) is 34.1. The molecule has 4 aromatic rings. The fourth-order valence-corrected chi connectivity index (χ4v) is 8.55. The fourth-order valence-electron chi connectivity index (χ4n) is 8.55. The molecule has 3 heterocycles. The van der Waals surface area contributed by atoms with E-state index in [1.54, 1.807) is 30.5 Å². The largest absolute Gasteiger partial charge is 0.496 e. The number of hydrogen-bond acceptors (Lipinski definition) is 9. The molecule has 1 aromatic heterocycles. The first-order valence-electron chi connectivity index (χ1n) is 20.9. The number of nitrogens with zero attached hydrogens (tertiary/aromatic N) is 1. The second-order valence-electron chi connectivity index (χ2n) is 15.9. The Morgan fingerprint density at radius 2 is 1.78 bits per heavy atom.